The van der Waals surface area contributed by atoms with Crippen LogP contribution < -0.4 is 15.0 Å². The van der Waals surface area contributed by atoms with Gasteiger partial charge in [-0.1, -0.05) is 23.5 Å². The average Bonchev–Trinajstić information content (AvgIpc) is 3.14. The van der Waals surface area contributed by atoms with Crippen molar-refractivity contribution in [2.45, 2.75) is 33.6 Å². The first kappa shape index (κ1) is 21.1. The van der Waals surface area contributed by atoms with Crippen molar-refractivity contribution in [3.05, 3.63) is 45.9 Å². The molecule has 0 aliphatic carbocycles. The van der Waals surface area contributed by atoms with E-state index in [0.717, 1.165) is 62.8 Å². The molecule has 0 bridgehead atoms. The smallest absolute Gasteiger partial charge is 0.227 e. The van der Waals surface area contributed by atoms with Crippen molar-refractivity contribution in [2.24, 2.45) is 5.92 Å². The van der Waals surface area contributed by atoms with E-state index < -0.39 is 0 Å². The van der Waals surface area contributed by atoms with Crippen LogP contribution >= 0.6 is 27.3 Å². The average molecular weight is 488 g/mol. The van der Waals surface area contributed by atoms with Gasteiger partial charge < -0.3 is 15.0 Å². The SMILES string of the molecule is CCOc1cc2sc(N3CCC(C(=O)Nc4cccc(C)c4C)CC3)nc2cc1Br. The summed E-state index contributed by atoms with van der Waals surface area (Å²) in [5.41, 5.74) is 4.22. The molecule has 3 aromatic rings. The molecule has 5 nitrogen and oxygen atoms in total. The Kier molecular flexibility index (Phi) is 6.29. The van der Waals surface area contributed by atoms with Crippen LogP contribution in [0.25, 0.3) is 10.2 Å². The first-order valence-electron chi connectivity index (χ1n) is 10.3. The largest absolute Gasteiger partial charge is 0.493 e. The van der Waals surface area contributed by atoms with Crippen molar-refractivity contribution in [3.8, 4) is 5.75 Å². The van der Waals surface area contributed by atoms with Crippen LogP contribution in [0.15, 0.2) is 34.8 Å². The highest BCUT2D eigenvalue weighted by Gasteiger charge is 2.27. The molecule has 1 saturated heterocycles. The molecule has 1 fully saturated rings. The number of thiazole rings is 1. The van der Waals surface area contributed by atoms with Gasteiger partial charge in [0.25, 0.3) is 0 Å². The molecule has 4 rings (SSSR count). The van der Waals surface area contributed by atoms with Crippen LogP contribution in [0.3, 0.4) is 0 Å². The monoisotopic (exact) mass is 487 g/mol. The molecule has 1 N–H and O–H groups in total. The fourth-order valence-electron chi connectivity index (χ4n) is 3.77. The Labute approximate surface area is 189 Å². The number of aryl methyl sites for hydroxylation is 1. The van der Waals surface area contributed by atoms with Gasteiger partial charge in [-0.2, -0.15) is 0 Å². The van der Waals surface area contributed by atoms with Gasteiger partial charge in [0.05, 0.1) is 21.3 Å². The highest BCUT2D eigenvalue weighted by molar-refractivity contribution is 9.10. The Bertz CT molecular complexity index is 1070. The van der Waals surface area contributed by atoms with E-state index in [1.807, 2.05) is 25.1 Å². The first-order valence-corrected chi connectivity index (χ1v) is 11.9. The Morgan fingerprint density at radius 2 is 2.07 bits per heavy atom. The zero-order chi connectivity index (χ0) is 21.3. The van der Waals surface area contributed by atoms with E-state index in [1.165, 1.54) is 5.56 Å². The summed E-state index contributed by atoms with van der Waals surface area (Å²) in [5.74, 6) is 1.01. The number of amides is 1. The molecule has 0 saturated carbocycles. The zero-order valence-electron chi connectivity index (χ0n) is 17.5. The molecule has 30 heavy (non-hydrogen) atoms. The number of hydrogen-bond acceptors (Lipinski definition) is 5. The standard InChI is InChI=1S/C23H26BrN3O2S/c1-4-29-20-13-21-19(12-17(20)24)26-23(30-21)27-10-8-16(9-11-27)22(28)25-18-7-5-6-14(2)15(18)3/h5-7,12-13,16H,4,8-11H2,1-3H3,(H,25,28). The second kappa shape index (κ2) is 8.94. The van der Waals surface area contributed by atoms with Gasteiger partial charge in [-0.05, 0) is 72.8 Å². The number of carbonyl (C=O) groups excluding carboxylic acids is 1. The minimum absolute atomic E-state index is 0.0363. The van der Waals surface area contributed by atoms with E-state index in [1.54, 1.807) is 11.3 Å². The van der Waals surface area contributed by atoms with Crippen molar-refractivity contribution in [3.63, 3.8) is 0 Å². The highest BCUT2D eigenvalue weighted by Crippen LogP contribution is 2.37. The third kappa shape index (κ3) is 4.32. The normalized spacial score (nSPS) is 14.9. The molecule has 7 heteroatoms. The molecular weight excluding hydrogens is 462 g/mol. The maximum Gasteiger partial charge on any atom is 0.227 e. The molecule has 0 spiro atoms. The predicted octanol–water partition coefficient (Wildman–Crippen LogP) is 5.93. The summed E-state index contributed by atoms with van der Waals surface area (Å²) < 4.78 is 7.72. The van der Waals surface area contributed by atoms with Gasteiger partial charge in [0.15, 0.2) is 5.13 Å². The number of aromatic nitrogens is 1. The van der Waals surface area contributed by atoms with Gasteiger partial charge in [-0.3, -0.25) is 4.79 Å². The van der Waals surface area contributed by atoms with Crippen molar-refractivity contribution < 1.29 is 9.53 Å². The number of anilines is 2. The molecule has 2 aromatic carbocycles. The maximum absolute atomic E-state index is 12.8. The minimum atomic E-state index is 0.0363. The zero-order valence-corrected chi connectivity index (χ0v) is 19.9. The number of carbonyl (C=O) groups is 1. The summed E-state index contributed by atoms with van der Waals surface area (Å²) >= 11 is 5.25. The highest BCUT2D eigenvalue weighted by atomic mass is 79.9. The number of nitrogens with one attached hydrogen (secondary N) is 1. The molecule has 1 aromatic heterocycles. The van der Waals surface area contributed by atoms with Crippen molar-refractivity contribution in [1.29, 1.82) is 0 Å². The van der Waals surface area contributed by atoms with Gasteiger partial charge in [-0.15, -0.1) is 0 Å². The number of rotatable bonds is 5. The first-order chi connectivity index (χ1) is 14.5. The molecule has 1 aliphatic heterocycles. The number of halogens is 1. The van der Waals surface area contributed by atoms with Crippen LogP contribution in [-0.2, 0) is 4.79 Å². The Hall–Kier alpha value is -2.12. The molecule has 0 atom stereocenters. The van der Waals surface area contributed by atoms with E-state index in [-0.39, 0.29) is 11.8 Å². The van der Waals surface area contributed by atoms with E-state index in [9.17, 15) is 4.79 Å². The van der Waals surface area contributed by atoms with E-state index in [2.05, 4.69) is 52.1 Å². The quantitative estimate of drug-likeness (QED) is 0.484. The molecule has 0 unspecified atom stereocenters. The van der Waals surface area contributed by atoms with E-state index in [4.69, 9.17) is 9.72 Å². The van der Waals surface area contributed by atoms with Crippen LogP contribution in [0.5, 0.6) is 5.75 Å². The molecular formula is C23H26BrN3O2S. The minimum Gasteiger partial charge on any atom is -0.493 e. The number of benzene rings is 2. The van der Waals surface area contributed by atoms with Crippen LogP contribution in [0.4, 0.5) is 10.8 Å². The summed E-state index contributed by atoms with van der Waals surface area (Å²) in [6.45, 7) is 8.41. The summed E-state index contributed by atoms with van der Waals surface area (Å²) in [6, 6.07) is 10.1. The number of fused-ring (bicyclic) bond motifs is 1. The fraction of sp³-hybridized carbons (Fsp3) is 0.391. The van der Waals surface area contributed by atoms with Gasteiger partial charge in [0.1, 0.15) is 5.75 Å². The molecule has 1 amide bonds. The van der Waals surface area contributed by atoms with E-state index >= 15 is 0 Å². The predicted molar refractivity (Wildman–Crippen MR) is 128 cm³/mol. The van der Waals surface area contributed by atoms with Crippen LogP contribution in [0, 0.1) is 19.8 Å². The lowest BCUT2D eigenvalue weighted by Crippen LogP contribution is -2.38. The van der Waals surface area contributed by atoms with Gasteiger partial charge in [-0.25, -0.2) is 4.98 Å². The summed E-state index contributed by atoms with van der Waals surface area (Å²) in [5, 5.41) is 4.14. The van der Waals surface area contributed by atoms with Crippen molar-refractivity contribution in [1.82, 2.24) is 4.98 Å². The molecule has 0 radical (unpaired) electrons. The number of piperidine rings is 1. The van der Waals surface area contributed by atoms with Gasteiger partial charge >= 0.3 is 0 Å². The van der Waals surface area contributed by atoms with Crippen LogP contribution in [0.1, 0.15) is 30.9 Å². The second-order valence-electron chi connectivity index (χ2n) is 7.68. The second-order valence-corrected chi connectivity index (χ2v) is 9.54. The number of ether oxygens (including phenoxy) is 1. The van der Waals surface area contributed by atoms with Gasteiger partial charge in [0.2, 0.25) is 5.91 Å². The fourth-order valence-corrected chi connectivity index (χ4v) is 5.25. The van der Waals surface area contributed by atoms with Crippen LogP contribution in [0.2, 0.25) is 0 Å². The summed E-state index contributed by atoms with van der Waals surface area (Å²) in [7, 11) is 0. The lowest BCUT2D eigenvalue weighted by atomic mass is 9.96. The van der Waals surface area contributed by atoms with Crippen molar-refractivity contribution in [2.75, 3.05) is 29.9 Å². The molecule has 2 heterocycles. The maximum atomic E-state index is 12.8. The third-order valence-corrected chi connectivity index (χ3v) is 7.43. The van der Waals surface area contributed by atoms with Crippen LogP contribution in [-0.4, -0.2) is 30.6 Å². The number of nitrogens with zero attached hydrogens (tertiary/aromatic N) is 2. The Morgan fingerprint density at radius 3 is 2.80 bits per heavy atom. The van der Waals surface area contributed by atoms with Crippen molar-refractivity contribution >= 4 is 54.2 Å². The van der Waals surface area contributed by atoms with E-state index in [0.29, 0.717) is 6.61 Å². The Balaban J connectivity index is 1.41. The lowest BCUT2D eigenvalue weighted by Gasteiger charge is -2.31. The van der Waals surface area contributed by atoms with Gasteiger partial charge in [0, 0.05) is 30.8 Å². The lowest BCUT2D eigenvalue weighted by molar-refractivity contribution is -0.120. The molecule has 158 valence electrons. The Morgan fingerprint density at radius 1 is 1.30 bits per heavy atom. The molecule has 1 aliphatic rings. The number of hydrogen-bond donors (Lipinski definition) is 1. The topological polar surface area (TPSA) is 54.5 Å². The summed E-state index contributed by atoms with van der Waals surface area (Å²) in [4.78, 5) is 19.9. The summed E-state index contributed by atoms with van der Waals surface area (Å²) in [6.07, 6.45) is 1.67. The third-order valence-electron chi connectivity index (χ3n) is 5.73.